The van der Waals surface area contributed by atoms with E-state index in [2.05, 4.69) is 9.97 Å². The van der Waals surface area contributed by atoms with Crippen LogP contribution in [0.25, 0.3) is 12.2 Å². The van der Waals surface area contributed by atoms with E-state index in [1.165, 1.54) is 24.7 Å². The molecular formula is C16H14N2O4. The number of carboxylic acids is 1. The Morgan fingerprint density at radius 3 is 2.55 bits per heavy atom. The average molecular weight is 298 g/mol. The molecule has 0 aliphatic rings. The summed E-state index contributed by atoms with van der Waals surface area (Å²) in [6.07, 6.45) is 6.85. The van der Waals surface area contributed by atoms with Crippen molar-refractivity contribution >= 4 is 23.9 Å². The van der Waals surface area contributed by atoms with Crippen LogP contribution in [0.4, 0.5) is 0 Å². The number of aromatic nitrogens is 2. The molecule has 0 saturated heterocycles. The Hall–Kier alpha value is -3.15. The predicted octanol–water partition coefficient (Wildman–Crippen LogP) is 2.17. The van der Waals surface area contributed by atoms with Gasteiger partial charge in [0.05, 0.1) is 25.3 Å². The number of nitrogens with one attached hydrogen (secondary N) is 1. The van der Waals surface area contributed by atoms with E-state index >= 15 is 0 Å². The van der Waals surface area contributed by atoms with Gasteiger partial charge in [-0.15, -0.1) is 0 Å². The number of carbonyl (C=O) groups excluding carboxylic acids is 1. The fraction of sp³-hybridized carbons (Fsp3) is 0.0625. The summed E-state index contributed by atoms with van der Waals surface area (Å²) < 4.78 is 5.04. The second kappa shape index (κ2) is 7.03. The highest BCUT2D eigenvalue weighted by Gasteiger charge is 2.15. The number of benzene rings is 1. The molecule has 2 rings (SSSR count). The molecule has 0 unspecified atom stereocenters. The minimum absolute atomic E-state index is 0.339. The van der Waals surface area contributed by atoms with Gasteiger partial charge in [-0.25, -0.2) is 9.78 Å². The third-order valence-corrected chi connectivity index (χ3v) is 2.86. The first-order chi connectivity index (χ1) is 10.6. The predicted molar refractivity (Wildman–Crippen MR) is 81.2 cm³/mol. The molecule has 6 heteroatoms. The van der Waals surface area contributed by atoms with Gasteiger partial charge in [-0.1, -0.05) is 18.2 Å². The topological polar surface area (TPSA) is 92.3 Å². The minimum Gasteiger partial charge on any atom is -0.497 e. The van der Waals surface area contributed by atoms with Crippen LogP contribution >= 0.6 is 0 Å². The molecule has 0 atom stereocenters. The quantitative estimate of drug-likeness (QED) is 0.484. The molecule has 0 spiro atoms. The van der Waals surface area contributed by atoms with E-state index in [-0.39, 0.29) is 5.57 Å². The number of hydrogen-bond acceptors (Lipinski definition) is 4. The maximum Gasteiger partial charge on any atom is 0.339 e. The molecule has 0 radical (unpaired) electrons. The molecule has 6 nitrogen and oxygen atoms in total. The number of allylic oxidation sites excluding steroid dienone is 1. The molecule has 0 saturated carbocycles. The zero-order chi connectivity index (χ0) is 15.9. The van der Waals surface area contributed by atoms with Crippen molar-refractivity contribution in [2.45, 2.75) is 0 Å². The third-order valence-electron chi connectivity index (χ3n) is 2.86. The molecule has 0 fully saturated rings. The van der Waals surface area contributed by atoms with Gasteiger partial charge in [0.2, 0.25) is 0 Å². The van der Waals surface area contributed by atoms with Gasteiger partial charge >= 0.3 is 5.97 Å². The number of aliphatic carboxylic acids is 1. The van der Waals surface area contributed by atoms with Crippen LogP contribution in [0.15, 0.2) is 48.4 Å². The van der Waals surface area contributed by atoms with Crippen molar-refractivity contribution in [1.82, 2.24) is 9.97 Å². The fourth-order valence-corrected chi connectivity index (χ4v) is 1.72. The number of ether oxygens (including phenoxy) is 1. The Balaban J connectivity index is 2.17. The lowest BCUT2D eigenvalue weighted by Crippen LogP contribution is -2.09. The number of carbonyl (C=O) groups is 2. The number of rotatable bonds is 6. The molecule has 2 aromatic rings. The maximum absolute atomic E-state index is 12.0. The van der Waals surface area contributed by atoms with Crippen LogP contribution in [0.3, 0.4) is 0 Å². The van der Waals surface area contributed by atoms with E-state index in [1.54, 1.807) is 37.5 Å². The van der Waals surface area contributed by atoms with Crippen molar-refractivity contribution in [3.05, 3.63) is 59.7 Å². The lowest BCUT2D eigenvalue weighted by atomic mass is 10.1. The Kier molecular flexibility index (Phi) is 4.87. The van der Waals surface area contributed by atoms with Crippen molar-refractivity contribution in [3.8, 4) is 5.75 Å². The Bertz CT molecular complexity index is 713. The minimum atomic E-state index is -1.29. The number of H-pyrrole nitrogens is 1. The number of nitrogens with zero attached hydrogens (tertiary/aromatic N) is 1. The van der Waals surface area contributed by atoms with E-state index in [0.29, 0.717) is 11.4 Å². The molecule has 0 aliphatic heterocycles. The smallest absolute Gasteiger partial charge is 0.339 e. The van der Waals surface area contributed by atoms with E-state index < -0.39 is 11.8 Å². The van der Waals surface area contributed by atoms with Gasteiger partial charge in [-0.2, -0.15) is 0 Å². The number of aromatic amines is 1. The summed E-state index contributed by atoms with van der Waals surface area (Å²) in [5, 5.41) is 9.13. The van der Waals surface area contributed by atoms with Crippen LogP contribution in [-0.2, 0) is 9.59 Å². The van der Waals surface area contributed by atoms with Crippen LogP contribution in [0.2, 0.25) is 0 Å². The zero-order valence-corrected chi connectivity index (χ0v) is 11.8. The van der Waals surface area contributed by atoms with E-state index in [1.807, 2.05) is 0 Å². The summed E-state index contributed by atoms with van der Waals surface area (Å²) >= 11 is 0. The highest BCUT2D eigenvalue weighted by molar-refractivity contribution is 6.24. The Morgan fingerprint density at radius 1 is 1.27 bits per heavy atom. The second-order valence-corrected chi connectivity index (χ2v) is 4.34. The normalized spacial score (nSPS) is 11.6. The number of carboxylic acid groups (broad SMARTS) is 1. The van der Waals surface area contributed by atoms with Crippen molar-refractivity contribution in [1.29, 1.82) is 0 Å². The third kappa shape index (κ3) is 3.92. The first-order valence-corrected chi connectivity index (χ1v) is 6.40. The van der Waals surface area contributed by atoms with Gasteiger partial charge in [-0.05, 0) is 29.8 Å². The Labute approximate surface area is 126 Å². The first-order valence-electron chi connectivity index (χ1n) is 6.40. The average Bonchev–Trinajstić information content (AvgIpc) is 3.03. The van der Waals surface area contributed by atoms with Gasteiger partial charge in [0.1, 0.15) is 11.3 Å². The molecule has 22 heavy (non-hydrogen) atoms. The molecule has 1 aromatic heterocycles. The highest BCUT2D eigenvalue weighted by atomic mass is 16.5. The van der Waals surface area contributed by atoms with Gasteiger partial charge < -0.3 is 14.8 Å². The number of hydrogen-bond donors (Lipinski definition) is 2. The summed E-state index contributed by atoms with van der Waals surface area (Å²) in [5.41, 5.74) is 0.873. The number of methoxy groups -OCH3 is 1. The summed E-state index contributed by atoms with van der Waals surface area (Å²) in [5.74, 6) is -1.19. The first kappa shape index (κ1) is 15.2. The van der Waals surface area contributed by atoms with Gasteiger partial charge in [0.15, 0.2) is 5.78 Å². The number of imidazole rings is 1. The molecular weight excluding hydrogens is 284 g/mol. The molecule has 0 aliphatic carbocycles. The molecule has 1 heterocycles. The molecule has 0 bridgehead atoms. The van der Waals surface area contributed by atoms with Gasteiger partial charge in [0, 0.05) is 0 Å². The fourth-order valence-electron chi connectivity index (χ4n) is 1.72. The number of ketones is 1. The van der Waals surface area contributed by atoms with Crippen LogP contribution in [0.1, 0.15) is 11.3 Å². The molecule has 112 valence electrons. The van der Waals surface area contributed by atoms with Gasteiger partial charge in [-0.3, -0.25) is 4.79 Å². The maximum atomic E-state index is 12.0. The van der Waals surface area contributed by atoms with Crippen molar-refractivity contribution < 1.29 is 19.4 Å². The van der Waals surface area contributed by atoms with Crippen molar-refractivity contribution in [2.24, 2.45) is 0 Å². The van der Waals surface area contributed by atoms with Crippen LogP contribution in [0, 0.1) is 0 Å². The van der Waals surface area contributed by atoms with E-state index in [0.717, 1.165) is 5.56 Å². The molecule has 2 N–H and O–H groups in total. The summed E-state index contributed by atoms with van der Waals surface area (Å²) in [4.78, 5) is 29.7. The van der Waals surface area contributed by atoms with Crippen molar-refractivity contribution in [3.63, 3.8) is 0 Å². The Morgan fingerprint density at radius 2 is 2.00 bits per heavy atom. The monoisotopic (exact) mass is 298 g/mol. The standard InChI is InChI=1S/C16H14N2O4/c1-22-13-5-2-11(3-6-13)4-7-15(19)14(16(20)21)8-12-9-17-10-18-12/h2-10H,1H3,(H,17,18)(H,20,21). The van der Waals surface area contributed by atoms with Crippen LogP contribution in [-0.4, -0.2) is 33.9 Å². The SMILES string of the molecule is COc1ccc(C=CC(=O)C(=Cc2cnc[nH]2)C(=O)O)cc1. The van der Waals surface area contributed by atoms with E-state index in [9.17, 15) is 9.59 Å². The van der Waals surface area contributed by atoms with Crippen LogP contribution in [0.5, 0.6) is 5.75 Å². The van der Waals surface area contributed by atoms with Crippen LogP contribution < -0.4 is 4.74 Å². The van der Waals surface area contributed by atoms with E-state index in [4.69, 9.17) is 9.84 Å². The molecule has 0 amide bonds. The summed E-state index contributed by atoms with van der Waals surface area (Å²) in [6.45, 7) is 0. The lowest BCUT2D eigenvalue weighted by Gasteiger charge is -1.99. The summed E-state index contributed by atoms with van der Waals surface area (Å²) in [6, 6.07) is 7.04. The lowest BCUT2D eigenvalue weighted by molar-refractivity contribution is -0.133. The second-order valence-electron chi connectivity index (χ2n) is 4.34. The van der Waals surface area contributed by atoms with Gasteiger partial charge in [0.25, 0.3) is 0 Å². The summed E-state index contributed by atoms with van der Waals surface area (Å²) in [7, 11) is 1.56. The molecule has 1 aromatic carbocycles. The highest BCUT2D eigenvalue weighted by Crippen LogP contribution is 2.13. The largest absolute Gasteiger partial charge is 0.497 e. The zero-order valence-electron chi connectivity index (χ0n) is 11.8. The van der Waals surface area contributed by atoms with Crippen molar-refractivity contribution in [2.75, 3.05) is 7.11 Å².